The van der Waals surface area contributed by atoms with E-state index in [0.717, 1.165) is 32.2 Å². The molecule has 82 valence electrons. The van der Waals surface area contributed by atoms with Gasteiger partial charge in [0.25, 0.3) is 0 Å². The molecule has 1 heterocycles. The van der Waals surface area contributed by atoms with Crippen LogP contribution in [-0.4, -0.2) is 6.54 Å². The van der Waals surface area contributed by atoms with Gasteiger partial charge in [0.15, 0.2) is 0 Å². The molecule has 1 fully saturated rings. The minimum absolute atomic E-state index is 0.0414. The Hall–Kier alpha value is -1.49. The van der Waals surface area contributed by atoms with Gasteiger partial charge >= 0.3 is 0 Å². The number of rotatable bonds is 2. The second-order valence-electron chi connectivity index (χ2n) is 5.09. The van der Waals surface area contributed by atoms with Crippen LogP contribution in [0.25, 0.3) is 0 Å². The van der Waals surface area contributed by atoms with Crippen LogP contribution in [0, 0.1) is 16.7 Å². The third kappa shape index (κ3) is 1.48. The normalized spacial score (nSPS) is 20.4. The van der Waals surface area contributed by atoms with Crippen molar-refractivity contribution in [3.05, 3.63) is 29.3 Å². The fourth-order valence-corrected chi connectivity index (χ4v) is 2.79. The summed E-state index contributed by atoms with van der Waals surface area (Å²) >= 11 is 0. The lowest BCUT2D eigenvalue weighted by molar-refractivity contribution is 0.214. The second kappa shape index (κ2) is 3.52. The molecule has 0 amide bonds. The standard InChI is InChI=1S/C14H16N2/c15-10-14(5-1-6-14)9-11-2-3-13-12(8-11)4-7-16-13/h2-3,8,16H,1,4-7,9H2. The van der Waals surface area contributed by atoms with Gasteiger partial charge in [0.2, 0.25) is 0 Å². The molecule has 0 unspecified atom stereocenters. The van der Waals surface area contributed by atoms with Gasteiger partial charge in [-0.2, -0.15) is 5.26 Å². The van der Waals surface area contributed by atoms with Crippen molar-refractivity contribution in [2.24, 2.45) is 5.41 Å². The molecule has 0 atom stereocenters. The van der Waals surface area contributed by atoms with Crippen LogP contribution in [0.1, 0.15) is 30.4 Å². The molecule has 1 saturated carbocycles. The fourth-order valence-electron chi connectivity index (χ4n) is 2.79. The Morgan fingerprint density at radius 3 is 2.94 bits per heavy atom. The Balaban J connectivity index is 1.83. The third-order valence-electron chi connectivity index (χ3n) is 3.97. The van der Waals surface area contributed by atoms with Crippen LogP contribution in [-0.2, 0) is 12.8 Å². The van der Waals surface area contributed by atoms with E-state index in [-0.39, 0.29) is 5.41 Å². The number of benzene rings is 1. The van der Waals surface area contributed by atoms with Crippen LogP contribution >= 0.6 is 0 Å². The van der Waals surface area contributed by atoms with Crippen molar-refractivity contribution in [2.45, 2.75) is 32.1 Å². The zero-order valence-electron chi connectivity index (χ0n) is 9.42. The van der Waals surface area contributed by atoms with Crippen LogP contribution in [0.5, 0.6) is 0 Å². The molecule has 3 rings (SSSR count). The topological polar surface area (TPSA) is 35.8 Å². The first-order valence-corrected chi connectivity index (χ1v) is 6.08. The van der Waals surface area contributed by atoms with Gasteiger partial charge in [-0.05, 0) is 42.9 Å². The molecule has 2 aliphatic rings. The number of nitriles is 1. The molecular formula is C14H16N2. The monoisotopic (exact) mass is 212 g/mol. The maximum Gasteiger partial charge on any atom is 0.0693 e. The average molecular weight is 212 g/mol. The average Bonchev–Trinajstić information content (AvgIpc) is 2.70. The number of nitrogens with one attached hydrogen (secondary N) is 1. The summed E-state index contributed by atoms with van der Waals surface area (Å²) in [6.45, 7) is 1.06. The summed E-state index contributed by atoms with van der Waals surface area (Å²) in [4.78, 5) is 0. The molecule has 2 heteroatoms. The SMILES string of the molecule is N#CC1(Cc2ccc3c(c2)CCN3)CCC1. The van der Waals surface area contributed by atoms with Gasteiger partial charge in [0, 0.05) is 12.2 Å². The highest BCUT2D eigenvalue weighted by atomic mass is 14.9. The first kappa shape index (κ1) is 9.72. The summed E-state index contributed by atoms with van der Waals surface area (Å²) in [6, 6.07) is 9.14. The number of nitrogens with zero attached hydrogens (tertiary/aromatic N) is 1. The summed E-state index contributed by atoms with van der Waals surface area (Å²) in [6.07, 6.45) is 5.46. The highest BCUT2D eigenvalue weighted by Gasteiger charge is 2.37. The van der Waals surface area contributed by atoms with Crippen molar-refractivity contribution in [2.75, 3.05) is 11.9 Å². The van der Waals surface area contributed by atoms with E-state index in [4.69, 9.17) is 0 Å². The van der Waals surface area contributed by atoms with Gasteiger partial charge in [-0.25, -0.2) is 0 Å². The lowest BCUT2D eigenvalue weighted by Gasteiger charge is -2.35. The third-order valence-corrected chi connectivity index (χ3v) is 3.97. The second-order valence-corrected chi connectivity index (χ2v) is 5.09. The number of anilines is 1. The summed E-state index contributed by atoms with van der Waals surface area (Å²) in [7, 11) is 0. The van der Waals surface area contributed by atoms with Crippen LogP contribution < -0.4 is 5.32 Å². The van der Waals surface area contributed by atoms with Gasteiger partial charge in [0.1, 0.15) is 0 Å². The quantitative estimate of drug-likeness (QED) is 0.818. The molecule has 1 N–H and O–H groups in total. The van der Waals surface area contributed by atoms with E-state index in [9.17, 15) is 5.26 Å². The molecule has 0 spiro atoms. The van der Waals surface area contributed by atoms with Crippen LogP contribution in [0.2, 0.25) is 0 Å². The van der Waals surface area contributed by atoms with Crippen LogP contribution in [0.15, 0.2) is 18.2 Å². The lowest BCUT2D eigenvalue weighted by atomic mass is 9.66. The number of hydrogen-bond acceptors (Lipinski definition) is 2. The van der Waals surface area contributed by atoms with Crippen molar-refractivity contribution >= 4 is 5.69 Å². The van der Waals surface area contributed by atoms with Crippen molar-refractivity contribution < 1.29 is 0 Å². The summed E-state index contributed by atoms with van der Waals surface area (Å²) < 4.78 is 0. The van der Waals surface area contributed by atoms with Gasteiger partial charge in [-0.15, -0.1) is 0 Å². The Morgan fingerprint density at radius 2 is 2.25 bits per heavy atom. The Kier molecular flexibility index (Phi) is 2.14. The Labute approximate surface area is 96.3 Å². The molecule has 2 nitrogen and oxygen atoms in total. The molecular weight excluding hydrogens is 196 g/mol. The van der Waals surface area contributed by atoms with Gasteiger partial charge in [0.05, 0.1) is 11.5 Å². The summed E-state index contributed by atoms with van der Waals surface area (Å²) in [5, 5.41) is 12.6. The minimum Gasteiger partial charge on any atom is -0.384 e. The number of hydrogen-bond donors (Lipinski definition) is 1. The van der Waals surface area contributed by atoms with Gasteiger partial charge in [-0.1, -0.05) is 18.6 Å². The van der Waals surface area contributed by atoms with E-state index in [1.54, 1.807) is 0 Å². The molecule has 1 aliphatic heterocycles. The van der Waals surface area contributed by atoms with E-state index in [0.29, 0.717) is 0 Å². The fraction of sp³-hybridized carbons (Fsp3) is 0.500. The van der Waals surface area contributed by atoms with E-state index >= 15 is 0 Å². The van der Waals surface area contributed by atoms with Gasteiger partial charge in [-0.3, -0.25) is 0 Å². The van der Waals surface area contributed by atoms with Crippen molar-refractivity contribution in [1.29, 1.82) is 5.26 Å². The molecule has 0 radical (unpaired) electrons. The summed E-state index contributed by atoms with van der Waals surface area (Å²) in [5.74, 6) is 0. The zero-order valence-corrected chi connectivity index (χ0v) is 9.42. The molecule has 1 aliphatic carbocycles. The smallest absolute Gasteiger partial charge is 0.0693 e. The molecule has 0 saturated heterocycles. The predicted octanol–water partition coefficient (Wildman–Crippen LogP) is 2.89. The largest absolute Gasteiger partial charge is 0.384 e. The Bertz CT molecular complexity index is 452. The molecule has 1 aromatic carbocycles. The van der Waals surface area contributed by atoms with Crippen molar-refractivity contribution in [3.63, 3.8) is 0 Å². The van der Waals surface area contributed by atoms with Crippen LogP contribution in [0.4, 0.5) is 5.69 Å². The minimum atomic E-state index is -0.0414. The molecule has 16 heavy (non-hydrogen) atoms. The highest BCUT2D eigenvalue weighted by Crippen LogP contribution is 2.43. The lowest BCUT2D eigenvalue weighted by Crippen LogP contribution is -2.29. The van der Waals surface area contributed by atoms with E-state index in [1.807, 2.05) is 0 Å². The molecule has 0 bridgehead atoms. The van der Waals surface area contributed by atoms with Crippen molar-refractivity contribution in [3.8, 4) is 6.07 Å². The molecule has 1 aromatic rings. The van der Waals surface area contributed by atoms with Crippen molar-refractivity contribution in [1.82, 2.24) is 0 Å². The maximum absolute atomic E-state index is 9.23. The first-order chi connectivity index (χ1) is 7.81. The van der Waals surface area contributed by atoms with E-state index in [2.05, 4.69) is 29.6 Å². The maximum atomic E-state index is 9.23. The molecule has 0 aromatic heterocycles. The first-order valence-electron chi connectivity index (χ1n) is 6.08. The Morgan fingerprint density at radius 1 is 1.38 bits per heavy atom. The highest BCUT2D eigenvalue weighted by molar-refractivity contribution is 5.56. The predicted molar refractivity (Wildman–Crippen MR) is 64.2 cm³/mol. The van der Waals surface area contributed by atoms with E-state index < -0.39 is 0 Å². The van der Waals surface area contributed by atoms with Crippen LogP contribution in [0.3, 0.4) is 0 Å². The summed E-state index contributed by atoms with van der Waals surface area (Å²) in [5.41, 5.74) is 4.00. The van der Waals surface area contributed by atoms with Gasteiger partial charge < -0.3 is 5.32 Å². The number of fused-ring (bicyclic) bond motifs is 1. The zero-order chi connectivity index (χ0) is 11.0. The van der Waals surface area contributed by atoms with E-state index in [1.165, 1.54) is 23.2 Å².